The summed E-state index contributed by atoms with van der Waals surface area (Å²) < 4.78 is 16.5. The molecule has 7 nitrogen and oxygen atoms in total. The minimum absolute atomic E-state index is 0.0996. The van der Waals surface area contributed by atoms with E-state index in [0.29, 0.717) is 17.1 Å². The lowest BCUT2D eigenvalue weighted by Gasteiger charge is -2.39. The Balaban J connectivity index is 1.78. The number of carbonyl (C=O) groups is 2. The van der Waals surface area contributed by atoms with Crippen molar-refractivity contribution in [2.45, 2.75) is 44.9 Å². The second-order valence-electron chi connectivity index (χ2n) is 7.31. The normalized spacial score (nSPS) is 22.5. The number of piperidine rings is 1. The SMILES string of the molecule is COc1cc(OC)c2c(c1)C(C(C)C(C)N1CCC(NC=O)CC1)OC2=O. The summed E-state index contributed by atoms with van der Waals surface area (Å²) >= 11 is 0. The molecule has 7 heteroatoms. The molecule has 0 saturated carbocycles. The second kappa shape index (κ2) is 8.17. The third-order valence-electron chi connectivity index (χ3n) is 5.95. The number of rotatable bonds is 7. The quantitative estimate of drug-likeness (QED) is 0.580. The highest BCUT2D eigenvalue weighted by atomic mass is 16.6. The summed E-state index contributed by atoms with van der Waals surface area (Å²) in [5, 5.41) is 2.87. The lowest BCUT2D eigenvalue weighted by Crippen LogP contribution is -2.48. The summed E-state index contributed by atoms with van der Waals surface area (Å²) in [6.45, 7) is 6.10. The molecule has 2 aliphatic rings. The van der Waals surface area contributed by atoms with Gasteiger partial charge in [0, 0.05) is 42.7 Å². The van der Waals surface area contributed by atoms with Gasteiger partial charge in [-0.25, -0.2) is 4.79 Å². The van der Waals surface area contributed by atoms with Gasteiger partial charge in [0.2, 0.25) is 6.41 Å². The highest BCUT2D eigenvalue weighted by Gasteiger charge is 2.41. The van der Waals surface area contributed by atoms with Gasteiger partial charge in [0.05, 0.1) is 14.2 Å². The third-order valence-corrected chi connectivity index (χ3v) is 5.95. The van der Waals surface area contributed by atoms with Crippen molar-refractivity contribution in [3.05, 3.63) is 23.3 Å². The van der Waals surface area contributed by atoms with Crippen LogP contribution in [0.15, 0.2) is 12.1 Å². The Kier molecular flexibility index (Phi) is 5.89. The van der Waals surface area contributed by atoms with Crippen LogP contribution in [0.4, 0.5) is 0 Å². The molecule has 1 N–H and O–H groups in total. The number of amides is 1. The number of fused-ring (bicyclic) bond motifs is 1. The highest BCUT2D eigenvalue weighted by molar-refractivity contribution is 5.97. The van der Waals surface area contributed by atoms with Crippen molar-refractivity contribution in [2.24, 2.45) is 5.92 Å². The Morgan fingerprint density at radius 2 is 1.93 bits per heavy atom. The maximum atomic E-state index is 12.5. The summed E-state index contributed by atoms with van der Waals surface area (Å²) in [6.07, 6.45) is 2.30. The Morgan fingerprint density at radius 1 is 1.22 bits per heavy atom. The van der Waals surface area contributed by atoms with Gasteiger partial charge < -0.3 is 24.4 Å². The van der Waals surface area contributed by atoms with Crippen molar-refractivity contribution in [2.75, 3.05) is 27.3 Å². The predicted octanol–water partition coefficient (Wildman–Crippen LogP) is 2.15. The molecule has 1 fully saturated rings. The Hall–Kier alpha value is -2.28. The first-order chi connectivity index (χ1) is 13.0. The monoisotopic (exact) mass is 376 g/mol. The number of nitrogens with one attached hydrogen (secondary N) is 1. The molecule has 3 unspecified atom stereocenters. The molecule has 27 heavy (non-hydrogen) atoms. The van der Waals surface area contributed by atoms with Gasteiger partial charge in [0.15, 0.2) is 0 Å². The number of benzene rings is 1. The van der Waals surface area contributed by atoms with Crippen LogP contribution >= 0.6 is 0 Å². The molecule has 1 amide bonds. The van der Waals surface area contributed by atoms with Crippen LogP contribution in [-0.2, 0) is 9.53 Å². The second-order valence-corrected chi connectivity index (χ2v) is 7.31. The average Bonchev–Trinajstić information content (AvgIpc) is 3.03. The molecule has 0 radical (unpaired) electrons. The molecular weight excluding hydrogens is 348 g/mol. The van der Waals surface area contributed by atoms with Crippen molar-refractivity contribution >= 4 is 12.4 Å². The zero-order chi connectivity index (χ0) is 19.6. The first-order valence-corrected chi connectivity index (χ1v) is 9.40. The van der Waals surface area contributed by atoms with E-state index >= 15 is 0 Å². The molecule has 2 aliphatic heterocycles. The van der Waals surface area contributed by atoms with Crippen molar-refractivity contribution < 1.29 is 23.8 Å². The fourth-order valence-corrected chi connectivity index (χ4v) is 4.12. The molecule has 148 valence electrons. The third kappa shape index (κ3) is 3.74. The van der Waals surface area contributed by atoms with E-state index in [0.717, 1.165) is 37.9 Å². The number of hydrogen-bond donors (Lipinski definition) is 1. The van der Waals surface area contributed by atoms with Crippen LogP contribution in [0.25, 0.3) is 0 Å². The van der Waals surface area contributed by atoms with Crippen LogP contribution in [0.1, 0.15) is 48.7 Å². The maximum absolute atomic E-state index is 12.5. The van der Waals surface area contributed by atoms with Crippen molar-refractivity contribution in [3.8, 4) is 11.5 Å². The van der Waals surface area contributed by atoms with Gasteiger partial charge in [-0.1, -0.05) is 6.92 Å². The fraction of sp³-hybridized carbons (Fsp3) is 0.600. The molecule has 3 rings (SSSR count). The minimum atomic E-state index is -0.345. The largest absolute Gasteiger partial charge is 0.497 e. The van der Waals surface area contributed by atoms with E-state index in [1.165, 1.54) is 0 Å². The zero-order valence-electron chi connectivity index (χ0n) is 16.4. The number of hydrogen-bond acceptors (Lipinski definition) is 6. The standard InChI is InChI=1S/C20H28N2O5/c1-12(13(2)22-7-5-14(6-8-22)21-11-23)19-16-9-15(25-3)10-17(26-4)18(16)20(24)27-19/h9-14,19H,5-8H2,1-4H3,(H,21,23). The minimum Gasteiger partial charge on any atom is -0.497 e. The van der Waals surface area contributed by atoms with E-state index in [1.54, 1.807) is 20.3 Å². The molecule has 0 spiro atoms. The van der Waals surface area contributed by atoms with Gasteiger partial charge >= 0.3 is 5.97 Å². The Labute approximate surface area is 160 Å². The van der Waals surface area contributed by atoms with Crippen LogP contribution < -0.4 is 14.8 Å². The van der Waals surface area contributed by atoms with Gasteiger partial charge in [-0.2, -0.15) is 0 Å². The summed E-state index contributed by atoms with van der Waals surface area (Å²) in [5.74, 6) is 0.886. The lowest BCUT2D eigenvalue weighted by atomic mass is 9.88. The van der Waals surface area contributed by atoms with E-state index < -0.39 is 0 Å². The zero-order valence-corrected chi connectivity index (χ0v) is 16.4. The predicted molar refractivity (Wildman–Crippen MR) is 100 cm³/mol. The number of cyclic esters (lactones) is 1. The van der Waals surface area contributed by atoms with E-state index in [9.17, 15) is 9.59 Å². The smallest absolute Gasteiger partial charge is 0.342 e. The number of carbonyl (C=O) groups excluding carboxylic acids is 2. The van der Waals surface area contributed by atoms with E-state index in [1.807, 2.05) is 6.07 Å². The average molecular weight is 376 g/mol. The molecule has 3 atom stereocenters. The van der Waals surface area contributed by atoms with Crippen LogP contribution in [0.3, 0.4) is 0 Å². The first-order valence-electron chi connectivity index (χ1n) is 9.40. The Bertz CT molecular complexity index is 700. The van der Waals surface area contributed by atoms with E-state index in [4.69, 9.17) is 14.2 Å². The lowest BCUT2D eigenvalue weighted by molar-refractivity contribution is -0.110. The molecule has 1 saturated heterocycles. The number of esters is 1. The molecule has 0 aliphatic carbocycles. The van der Waals surface area contributed by atoms with Gasteiger partial charge in [0.25, 0.3) is 0 Å². The van der Waals surface area contributed by atoms with Crippen molar-refractivity contribution in [3.63, 3.8) is 0 Å². The number of likely N-dealkylation sites (tertiary alicyclic amines) is 1. The number of methoxy groups -OCH3 is 2. The summed E-state index contributed by atoms with van der Waals surface area (Å²) in [6, 6.07) is 4.06. The topological polar surface area (TPSA) is 77.1 Å². The van der Waals surface area contributed by atoms with E-state index in [-0.39, 0.29) is 30.1 Å². The maximum Gasteiger partial charge on any atom is 0.342 e. The van der Waals surface area contributed by atoms with Crippen LogP contribution in [0.2, 0.25) is 0 Å². The molecular formula is C20H28N2O5. The summed E-state index contributed by atoms with van der Waals surface area (Å²) in [4.78, 5) is 25.5. The first kappa shape index (κ1) is 19.5. The van der Waals surface area contributed by atoms with Crippen LogP contribution in [-0.4, -0.2) is 56.7 Å². The number of nitrogens with zero attached hydrogens (tertiary/aromatic N) is 1. The molecule has 1 aromatic carbocycles. The van der Waals surface area contributed by atoms with Gasteiger partial charge in [-0.15, -0.1) is 0 Å². The highest BCUT2D eigenvalue weighted by Crippen LogP contribution is 2.44. The van der Waals surface area contributed by atoms with Crippen LogP contribution in [0.5, 0.6) is 11.5 Å². The van der Waals surface area contributed by atoms with Crippen molar-refractivity contribution in [1.82, 2.24) is 10.2 Å². The van der Waals surface area contributed by atoms with Crippen LogP contribution in [0, 0.1) is 5.92 Å². The van der Waals surface area contributed by atoms with E-state index in [2.05, 4.69) is 24.1 Å². The van der Waals surface area contributed by atoms with Crippen molar-refractivity contribution in [1.29, 1.82) is 0 Å². The molecule has 0 aromatic heterocycles. The van der Waals surface area contributed by atoms with Gasteiger partial charge in [0.1, 0.15) is 23.2 Å². The molecule has 2 heterocycles. The number of ether oxygens (including phenoxy) is 3. The fourth-order valence-electron chi connectivity index (χ4n) is 4.12. The molecule has 0 bridgehead atoms. The molecule has 1 aromatic rings. The Morgan fingerprint density at radius 3 is 2.52 bits per heavy atom. The summed E-state index contributed by atoms with van der Waals surface area (Å²) in [5.41, 5.74) is 1.32. The van der Waals surface area contributed by atoms with Gasteiger partial charge in [-0.3, -0.25) is 4.79 Å². The summed E-state index contributed by atoms with van der Waals surface area (Å²) in [7, 11) is 3.14. The van der Waals surface area contributed by atoms with Gasteiger partial charge in [-0.05, 0) is 25.8 Å².